The van der Waals surface area contributed by atoms with Crippen molar-refractivity contribution in [2.75, 3.05) is 14.2 Å². The number of fused-ring (bicyclic) bond motifs is 1. The maximum Gasteiger partial charge on any atom is 0.335 e. The summed E-state index contributed by atoms with van der Waals surface area (Å²) in [4.78, 5) is 24.5. The number of carboxylic acids is 1. The second-order valence-corrected chi connectivity index (χ2v) is 8.12. The van der Waals surface area contributed by atoms with Gasteiger partial charge in [-0.15, -0.1) is 0 Å². The SMILES string of the molecule is COc1cc(-c2coc3c(C)c(OC)cc(O)c3c2=O)ccc1OC1OC(C(=O)O)C(O)C(O)C1O. The normalized spacial score (nSPS) is 23.9. The summed E-state index contributed by atoms with van der Waals surface area (Å²) in [5.41, 5.74) is 0.637. The van der Waals surface area contributed by atoms with E-state index in [2.05, 4.69) is 0 Å². The number of carbonyl (C=O) groups is 1. The van der Waals surface area contributed by atoms with E-state index < -0.39 is 42.1 Å². The molecule has 0 amide bonds. The average molecular weight is 504 g/mol. The van der Waals surface area contributed by atoms with Crippen molar-refractivity contribution in [1.82, 2.24) is 0 Å². The number of hydrogen-bond donors (Lipinski definition) is 5. The van der Waals surface area contributed by atoms with Crippen molar-refractivity contribution in [3.05, 3.63) is 46.3 Å². The first-order valence-electron chi connectivity index (χ1n) is 10.7. The lowest BCUT2D eigenvalue weighted by Crippen LogP contribution is -2.61. The summed E-state index contributed by atoms with van der Waals surface area (Å²) in [5, 5.41) is 49.6. The summed E-state index contributed by atoms with van der Waals surface area (Å²) in [5.74, 6) is -1.44. The third kappa shape index (κ3) is 4.20. The molecule has 0 saturated carbocycles. The van der Waals surface area contributed by atoms with Gasteiger partial charge in [0.1, 0.15) is 47.0 Å². The van der Waals surface area contributed by atoms with Crippen molar-refractivity contribution in [2.24, 2.45) is 0 Å². The van der Waals surface area contributed by atoms with Crippen LogP contribution in [-0.4, -0.2) is 76.4 Å². The Balaban J connectivity index is 1.71. The molecule has 0 aliphatic carbocycles. The Morgan fingerprint density at radius 2 is 1.67 bits per heavy atom. The van der Waals surface area contributed by atoms with E-state index in [0.717, 1.165) is 0 Å². The van der Waals surface area contributed by atoms with Gasteiger partial charge in [-0.3, -0.25) is 4.79 Å². The number of carboxylic acid groups (broad SMARTS) is 1. The van der Waals surface area contributed by atoms with E-state index in [-0.39, 0.29) is 33.8 Å². The summed E-state index contributed by atoms with van der Waals surface area (Å²) in [6, 6.07) is 5.59. The lowest BCUT2D eigenvalue weighted by molar-refractivity contribution is -0.271. The number of ether oxygens (including phenoxy) is 4. The second-order valence-electron chi connectivity index (χ2n) is 8.12. The van der Waals surface area contributed by atoms with Crippen LogP contribution in [-0.2, 0) is 9.53 Å². The number of aliphatic carboxylic acids is 1. The minimum absolute atomic E-state index is 0.00775. The van der Waals surface area contributed by atoms with E-state index in [9.17, 15) is 35.1 Å². The van der Waals surface area contributed by atoms with Crippen molar-refractivity contribution in [3.63, 3.8) is 0 Å². The van der Waals surface area contributed by atoms with Crippen LogP contribution in [0.2, 0.25) is 0 Å². The number of aromatic hydroxyl groups is 1. The van der Waals surface area contributed by atoms with Gasteiger partial charge in [0.2, 0.25) is 11.7 Å². The van der Waals surface area contributed by atoms with E-state index in [4.69, 9.17) is 23.4 Å². The topological polar surface area (TPSA) is 185 Å². The smallest absolute Gasteiger partial charge is 0.335 e. The van der Waals surface area contributed by atoms with Crippen LogP contribution in [0.4, 0.5) is 0 Å². The molecular weight excluding hydrogens is 480 g/mol. The molecule has 36 heavy (non-hydrogen) atoms. The maximum atomic E-state index is 13.2. The average Bonchev–Trinajstić information content (AvgIpc) is 2.86. The Hall–Kier alpha value is -3.84. The fraction of sp³-hybridized carbons (Fsp3) is 0.333. The van der Waals surface area contributed by atoms with Gasteiger partial charge in [-0.05, 0) is 24.6 Å². The standard InChI is InChI=1S/C24H24O12/c1-9-14(32-2)7-12(25)16-17(26)11(8-34-21(9)16)10-4-5-13(15(6-10)33-3)35-24-20(29)18(27)19(28)22(36-24)23(30)31/h4-8,18-20,22,24-25,27-29H,1-3H3,(H,30,31). The van der Waals surface area contributed by atoms with E-state index in [1.54, 1.807) is 6.92 Å². The van der Waals surface area contributed by atoms with Gasteiger partial charge in [-0.1, -0.05) is 6.07 Å². The van der Waals surface area contributed by atoms with Gasteiger partial charge in [-0.25, -0.2) is 4.79 Å². The molecule has 1 aliphatic rings. The van der Waals surface area contributed by atoms with Crippen LogP contribution in [0.1, 0.15) is 5.56 Å². The molecule has 1 aliphatic heterocycles. The molecule has 0 bridgehead atoms. The first-order valence-corrected chi connectivity index (χ1v) is 10.7. The number of benzene rings is 2. The van der Waals surface area contributed by atoms with E-state index >= 15 is 0 Å². The number of methoxy groups -OCH3 is 2. The highest BCUT2D eigenvalue weighted by atomic mass is 16.7. The summed E-state index contributed by atoms with van der Waals surface area (Å²) >= 11 is 0. The predicted molar refractivity (Wildman–Crippen MR) is 122 cm³/mol. The van der Waals surface area contributed by atoms with Gasteiger partial charge in [0.25, 0.3) is 0 Å². The van der Waals surface area contributed by atoms with Gasteiger partial charge < -0.3 is 48.9 Å². The first kappa shape index (κ1) is 25.3. The molecule has 12 heteroatoms. The highest BCUT2D eigenvalue weighted by molar-refractivity contribution is 5.90. The second kappa shape index (κ2) is 9.66. The number of phenolic OH excluding ortho intramolecular Hbond substituents is 1. The van der Waals surface area contributed by atoms with Crippen LogP contribution in [0, 0.1) is 6.92 Å². The van der Waals surface area contributed by atoms with Gasteiger partial charge in [0.05, 0.1) is 19.8 Å². The highest BCUT2D eigenvalue weighted by Gasteiger charge is 2.48. The van der Waals surface area contributed by atoms with Crippen LogP contribution in [0.3, 0.4) is 0 Å². The lowest BCUT2D eigenvalue weighted by atomic mass is 9.99. The Morgan fingerprint density at radius 1 is 0.972 bits per heavy atom. The van der Waals surface area contributed by atoms with Gasteiger partial charge in [0.15, 0.2) is 17.6 Å². The molecule has 4 rings (SSSR count). The van der Waals surface area contributed by atoms with Crippen LogP contribution in [0.25, 0.3) is 22.1 Å². The monoisotopic (exact) mass is 504 g/mol. The van der Waals surface area contributed by atoms with E-state index in [1.165, 1.54) is 44.7 Å². The molecule has 2 heterocycles. The van der Waals surface area contributed by atoms with Crippen LogP contribution < -0.4 is 19.6 Å². The first-order chi connectivity index (χ1) is 17.1. The molecule has 5 unspecified atom stereocenters. The molecule has 2 aromatic carbocycles. The fourth-order valence-corrected chi connectivity index (χ4v) is 4.01. The Kier molecular flexibility index (Phi) is 6.78. The van der Waals surface area contributed by atoms with Crippen LogP contribution in [0.5, 0.6) is 23.0 Å². The molecule has 1 fully saturated rings. The number of hydrogen-bond acceptors (Lipinski definition) is 11. The number of aryl methyl sites for hydroxylation is 1. The zero-order valence-electron chi connectivity index (χ0n) is 19.4. The van der Waals surface area contributed by atoms with Crippen molar-refractivity contribution in [2.45, 2.75) is 37.6 Å². The van der Waals surface area contributed by atoms with Crippen molar-refractivity contribution in [1.29, 1.82) is 0 Å². The fourth-order valence-electron chi connectivity index (χ4n) is 4.01. The van der Waals surface area contributed by atoms with Gasteiger partial charge in [-0.2, -0.15) is 0 Å². The quantitative estimate of drug-likeness (QED) is 0.318. The Bertz CT molecular complexity index is 1360. The molecule has 3 aromatic rings. The number of phenols is 1. The molecule has 192 valence electrons. The molecule has 1 aromatic heterocycles. The van der Waals surface area contributed by atoms with Crippen molar-refractivity contribution < 1.29 is 53.7 Å². The zero-order chi connectivity index (χ0) is 26.3. The molecule has 0 spiro atoms. The third-order valence-electron chi connectivity index (χ3n) is 5.98. The van der Waals surface area contributed by atoms with Crippen molar-refractivity contribution in [3.8, 4) is 34.1 Å². The molecule has 0 radical (unpaired) electrons. The summed E-state index contributed by atoms with van der Waals surface area (Å²) in [7, 11) is 2.74. The minimum atomic E-state index is -1.87. The Morgan fingerprint density at radius 3 is 2.31 bits per heavy atom. The number of rotatable bonds is 6. The van der Waals surface area contributed by atoms with Gasteiger partial charge in [0, 0.05) is 11.6 Å². The van der Waals surface area contributed by atoms with Gasteiger partial charge >= 0.3 is 5.97 Å². The molecular formula is C24H24O12. The number of aliphatic hydroxyl groups excluding tert-OH is 3. The molecule has 12 nitrogen and oxygen atoms in total. The van der Waals surface area contributed by atoms with E-state index in [0.29, 0.717) is 16.9 Å². The Labute approximate surface area is 203 Å². The number of aliphatic hydroxyl groups is 3. The largest absolute Gasteiger partial charge is 0.507 e. The minimum Gasteiger partial charge on any atom is -0.507 e. The highest BCUT2D eigenvalue weighted by Crippen LogP contribution is 2.37. The predicted octanol–water partition coefficient (Wildman–Crippen LogP) is 0.762. The molecule has 1 saturated heterocycles. The van der Waals surface area contributed by atoms with E-state index in [1.807, 2.05) is 0 Å². The molecule has 5 atom stereocenters. The van der Waals surface area contributed by atoms with Crippen LogP contribution in [0.15, 0.2) is 39.7 Å². The summed E-state index contributed by atoms with van der Waals surface area (Å²) < 4.78 is 26.8. The van der Waals surface area contributed by atoms with Crippen LogP contribution >= 0.6 is 0 Å². The lowest BCUT2D eigenvalue weighted by Gasteiger charge is -2.38. The maximum absolute atomic E-state index is 13.2. The van der Waals surface area contributed by atoms with Crippen molar-refractivity contribution >= 4 is 16.9 Å². The summed E-state index contributed by atoms with van der Waals surface area (Å²) in [6.45, 7) is 1.69. The zero-order valence-corrected chi connectivity index (χ0v) is 19.4. The molecule has 5 N–H and O–H groups in total. The summed E-state index contributed by atoms with van der Waals surface area (Å²) in [6.07, 6.45) is -7.73. The third-order valence-corrected chi connectivity index (χ3v) is 5.98.